The van der Waals surface area contributed by atoms with Crippen LogP contribution in [-0.4, -0.2) is 42.5 Å². The van der Waals surface area contributed by atoms with Gasteiger partial charge in [0.2, 0.25) is 5.91 Å². The van der Waals surface area contributed by atoms with Crippen LogP contribution in [0.15, 0.2) is 24.3 Å². The van der Waals surface area contributed by atoms with Gasteiger partial charge < -0.3 is 20.1 Å². The Labute approximate surface area is 149 Å². The third-order valence-corrected chi connectivity index (χ3v) is 4.06. The molecule has 8 nitrogen and oxygen atoms in total. The van der Waals surface area contributed by atoms with Gasteiger partial charge in [0.15, 0.2) is 22.4 Å². The number of benzene rings is 1. The van der Waals surface area contributed by atoms with Crippen molar-refractivity contribution in [3.63, 3.8) is 0 Å². The first kappa shape index (κ1) is 18.4. The molecule has 1 amide bonds. The Morgan fingerprint density at radius 2 is 1.96 bits per heavy atom. The molecule has 0 aliphatic carbocycles. The summed E-state index contributed by atoms with van der Waals surface area (Å²) in [5.74, 6) is -3.06. The van der Waals surface area contributed by atoms with Crippen molar-refractivity contribution >= 4 is 35.0 Å². The number of esters is 1. The minimum absolute atomic E-state index is 0.149. The van der Waals surface area contributed by atoms with Crippen LogP contribution in [0.3, 0.4) is 0 Å². The van der Waals surface area contributed by atoms with E-state index in [2.05, 4.69) is 10.6 Å². The number of ether oxygens (including phenoxy) is 2. The molecule has 9 heteroatoms. The van der Waals surface area contributed by atoms with Crippen molar-refractivity contribution in [1.29, 1.82) is 5.26 Å². The summed E-state index contributed by atoms with van der Waals surface area (Å²) in [4.78, 5) is 37.1. The first-order valence-electron chi connectivity index (χ1n) is 7.16. The van der Waals surface area contributed by atoms with E-state index in [-0.39, 0.29) is 5.11 Å². The quantitative estimate of drug-likeness (QED) is 0.437. The lowest BCUT2D eigenvalue weighted by Gasteiger charge is -2.38. The van der Waals surface area contributed by atoms with Crippen molar-refractivity contribution in [1.82, 2.24) is 10.6 Å². The number of amides is 1. The van der Waals surface area contributed by atoms with Crippen molar-refractivity contribution in [2.75, 3.05) is 14.2 Å². The Morgan fingerprint density at radius 1 is 1.32 bits per heavy atom. The number of hydrogen-bond acceptors (Lipinski definition) is 7. The van der Waals surface area contributed by atoms with Crippen molar-refractivity contribution in [2.24, 2.45) is 5.92 Å². The minimum atomic E-state index is -1.89. The van der Waals surface area contributed by atoms with E-state index in [1.54, 1.807) is 18.2 Å². The van der Waals surface area contributed by atoms with Crippen LogP contribution in [-0.2, 0) is 14.3 Å². The van der Waals surface area contributed by atoms with Gasteiger partial charge in [-0.2, -0.15) is 5.26 Å². The fourth-order valence-corrected chi connectivity index (χ4v) is 2.87. The van der Waals surface area contributed by atoms with E-state index >= 15 is 0 Å². The van der Waals surface area contributed by atoms with Crippen molar-refractivity contribution < 1.29 is 23.9 Å². The molecule has 1 saturated heterocycles. The van der Waals surface area contributed by atoms with E-state index in [0.29, 0.717) is 11.3 Å². The van der Waals surface area contributed by atoms with Gasteiger partial charge in [-0.05, 0) is 36.5 Å². The zero-order chi connectivity index (χ0) is 18.6. The molecular formula is C16H15N3O5S. The third kappa shape index (κ3) is 3.44. The first-order valence-corrected chi connectivity index (χ1v) is 7.57. The van der Waals surface area contributed by atoms with Gasteiger partial charge in [-0.25, -0.2) is 4.79 Å². The summed E-state index contributed by atoms with van der Waals surface area (Å²) in [5, 5.41) is 14.1. The van der Waals surface area contributed by atoms with Gasteiger partial charge in [-0.1, -0.05) is 0 Å². The van der Waals surface area contributed by atoms with Crippen LogP contribution in [0, 0.1) is 17.2 Å². The second-order valence-corrected chi connectivity index (χ2v) is 5.71. The zero-order valence-corrected chi connectivity index (χ0v) is 14.3. The third-order valence-electron chi connectivity index (χ3n) is 3.86. The summed E-state index contributed by atoms with van der Waals surface area (Å²) in [6.07, 6.45) is -0.474. The van der Waals surface area contributed by atoms with Crippen LogP contribution in [0.4, 0.5) is 0 Å². The van der Waals surface area contributed by atoms with Gasteiger partial charge in [0.25, 0.3) is 0 Å². The highest BCUT2D eigenvalue weighted by Gasteiger charge is 2.55. The van der Waals surface area contributed by atoms with Gasteiger partial charge in [-0.3, -0.25) is 9.59 Å². The van der Waals surface area contributed by atoms with E-state index in [4.69, 9.17) is 21.7 Å². The van der Waals surface area contributed by atoms with Gasteiger partial charge in [-0.15, -0.1) is 0 Å². The Bertz CT molecular complexity index is 771. The molecule has 25 heavy (non-hydrogen) atoms. The Kier molecular flexibility index (Phi) is 5.34. The predicted molar refractivity (Wildman–Crippen MR) is 89.7 cm³/mol. The van der Waals surface area contributed by atoms with Crippen LogP contribution in [0.5, 0.6) is 5.75 Å². The molecule has 2 N–H and O–H groups in total. The van der Waals surface area contributed by atoms with E-state index in [9.17, 15) is 19.6 Å². The van der Waals surface area contributed by atoms with Crippen LogP contribution in [0.2, 0.25) is 0 Å². The molecule has 2 rings (SSSR count). The lowest BCUT2D eigenvalue weighted by molar-refractivity contribution is -0.152. The monoisotopic (exact) mass is 361 g/mol. The molecule has 0 unspecified atom stereocenters. The molecule has 0 spiro atoms. The molecule has 1 aliphatic heterocycles. The number of nitriles is 1. The number of thiocarbonyl (C=S) groups is 1. The maximum Gasteiger partial charge on any atom is 0.334 e. The Balaban J connectivity index is 2.41. The molecule has 0 saturated carbocycles. The summed E-state index contributed by atoms with van der Waals surface area (Å²) in [6, 6.07) is 7.97. The molecule has 1 fully saturated rings. The maximum atomic E-state index is 12.6. The predicted octanol–water partition coefficient (Wildman–Crippen LogP) is 0.324. The number of ketones is 1. The fourth-order valence-electron chi connectivity index (χ4n) is 2.58. The molecule has 130 valence electrons. The van der Waals surface area contributed by atoms with Crippen molar-refractivity contribution in [3.05, 3.63) is 29.8 Å². The van der Waals surface area contributed by atoms with Gasteiger partial charge in [0, 0.05) is 12.0 Å². The second kappa shape index (κ2) is 7.27. The number of methoxy groups -OCH3 is 2. The number of carbonyl (C=O) groups is 3. The number of Topliss-reactive ketones (excluding diaryl/α,β-unsaturated/α-hetero) is 1. The van der Waals surface area contributed by atoms with E-state index in [0.717, 1.165) is 7.11 Å². The van der Waals surface area contributed by atoms with Crippen LogP contribution in [0.25, 0.3) is 0 Å². The van der Waals surface area contributed by atoms with Gasteiger partial charge >= 0.3 is 5.97 Å². The topological polar surface area (TPSA) is 118 Å². The number of hydrogen-bond donors (Lipinski definition) is 2. The summed E-state index contributed by atoms with van der Waals surface area (Å²) in [6.45, 7) is 0. The largest absolute Gasteiger partial charge is 0.497 e. The lowest BCUT2D eigenvalue weighted by atomic mass is 9.77. The Morgan fingerprint density at radius 3 is 2.48 bits per heavy atom. The first-order chi connectivity index (χ1) is 11.9. The standard InChI is InChI=1S/C16H15N3O5S/c1-23-10-5-3-9(4-6-10)12(20)7-16(14(22)24-2)11(8-17)13(21)18-15(25)19-16/h3-6,11H,7H2,1-2H3,(H2,18,19,21,25)/t11-,16-/m0/s1. The normalized spacial score (nSPS) is 22.2. The SMILES string of the molecule is COC(=O)[C@@]1(CC(=O)c2ccc(OC)cc2)NC(=S)NC(=O)[C@@H]1C#N. The molecule has 2 atom stereocenters. The number of rotatable bonds is 5. The summed E-state index contributed by atoms with van der Waals surface area (Å²) in [7, 11) is 2.60. The number of carbonyl (C=O) groups excluding carboxylic acids is 3. The molecule has 0 bridgehead atoms. The summed E-state index contributed by atoms with van der Waals surface area (Å²) in [5.41, 5.74) is -1.60. The molecule has 1 aliphatic rings. The van der Waals surface area contributed by atoms with Crippen LogP contribution in [0.1, 0.15) is 16.8 Å². The van der Waals surface area contributed by atoms with Crippen LogP contribution >= 0.6 is 12.2 Å². The maximum absolute atomic E-state index is 12.6. The van der Waals surface area contributed by atoms with E-state index < -0.39 is 35.5 Å². The highest BCUT2D eigenvalue weighted by Crippen LogP contribution is 2.28. The zero-order valence-electron chi connectivity index (χ0n) is 13.5. The number of nitrogens with one attached hydrogen (secondary N) is 2. The second-order valence-electron chi connectivity index (χ2n) is 5.30. The van der Waals surface area contributed by atoms with E-state index in [1.165, 1.54) is 19.2 Å². The van der Waals surface area contributed by atoms with E-state index in [1.807, 2.05) is 0 Å². The molecule has 0 aromatic heterocycles. The average Bonchev–Trinajstić information content (AvgIpc) is 2.60. The minimum Gasteiger partial charge on any atom is -0.497 e. The van der Waals surface area contributed by atoms with Crippen molar-refractivity contribution in [3.8, 4) is 11.8 Å². The highest BCUT2D eigenvalue weighted by molar-refractivity contribution is 7.80. The van der Waals surface area contributed by atoms with Crippen LogP contribution < -0.4 is 15.4 Å². The fraction of sp³-hybridized carbons (Fsp3) is 0.312. The Hall–Kier alpha value is -2.99. The molecule has 1 aromatic rings. The summed E-state index contributed by atoms with van der Waals surface area (Å²) < 4.78 is 9.76. The highest BCUT2D eigenvalue weighted by atomic mass is 32.1. The summed E-state index contributed by atoms with van der Waals surface area (Å²) >= 11 is 4.91. The van der Waals surface area contributed by atoms with Crippen molar-refractivity contribution in [2.45, 2.75) is 12.0 Å². The smallest absolute Gasteiger partial charge is 0.334 e. The molecule has 1 aromatic carbocycles. The molecular weight excluding hydrogens is 346 g/mol. The molecule has 1 heterocycles. The lowest BCUT2D eigenvalue weighted by Crippen LogP contribution is -2.70. The van der Waals surface area contributed by atoms with Gasteiger partial charge in [0.05, 0.1) is 20.3 Å². The molecule has 0 radical (unpaired) electrons. The van der Waals surface area contributed by atoms with Gasteiger partial charge in [0.1, 0.15) is 5.75 Å². The number of nitrogens with zero attached hydrogens (tertiary/aromatic N) is 1. The average molecular weight is 361 g/mol.